The van der Waals surface area contributed by atoms with Gasteiger partial charge in [0, 0.05) is 62.4 Å². The van der Waals surface area contributed by atoms with Gasteiger partial charge in [-0.25, -0.2) is 9.97 Å². The average Bonchev–Trinajstić information content (AvgIpc) is 3.94. The fourth-order valence-electron chi connectivity index (χ4n) is 7.06. The van der Waals surface area contributed by atoms with Crippen LogP contribution in [0.25, 0.3) is 31.7 Å². The second-order valence-corrected chi connectivity index (χ2v) is 16.5. The van der Waals surface area contributed by atoms with Crippen molar-refractivity contribution in [3.63, 3.8) is 0 Å². The molecule has 5 heterocycles. The normalized spacial score (nSPS) is 19.4. The van der Waals surface area contributed by atoms with E-state index in [0.717, 1.165) is 105 Å². The first-order valence-corrected chi connectivity index (χ1v) is 20.8. The molecule has 2 fully saturated rings. The maximum absolute atomic E-state index is 11.5. The Morgan fingerprint density at radius 2 is 1.25 bits per heavy atom. The molecule has 2 aliphatic rings. The first kappa shape index (κ1) is 38.4. The summed E-state index contributed by atoms with van der Waals surface area (Å²) >= 11 is 3.13. The lowest BCUT2D eigenvalue weighted by molar-refractivity contribution is 0.101. The van der Waals surface area contributed by atoms with Crippen LogP contribution in [0.15, 0.2) is 85.5 Å². The number of ketones is 1. The molecule has 15 heteroatoms. The fraction of sp³-hybridized carbons (Fsp3) is 0.333. The molecule has 0 unspecified atom stereocenters. The number of pyridine rings is 2. The van der Waals surface area contributed by atoms with Crippen LogP contribution in [0.5, 0.6) is 23.0 Å². The summed E-state index contributed by atoms with van der Waals surface area (Å²) in [6.45, 7) is 1.48. The van der Waals surface area contributed by atoms with E-state index in [4.69, 9.17) is 9.47 Å². The van der Waals surface area contributed by atoms with Crippen molar-refractivity contribution in [1.82, 2.24) is 29.7 Å². The summed E-state index contributed by atoms with van der Waals surface area (Å²) < 4.78 is 15.8. The molecule has 9 rings (SSSR count). The number of Topliss-reactive ketones (excluding diaryl/α,β-unsaturated/α-hetero) is 1. The van der Waals surface area contributed by atoms with Crippen molar-refractivity contribution in [2.75, 3.05) is 10.6 Å². The molecule has 57 heavy (non-hydrogen) atoms. The second kappa shape index (κ2) is 17.3. The van der Waals surface area contributed by atoms with Gasteiger partial charge >= 0.3 is 0 Å². The first-order chi connectivity index (χ1) is 27.7. The van der Waals surface area contributed by atoms with Crippen LogP contribution < -0.4 is 20.1 Å². The Morgan fingerprint density at radius 3 is 1.77 bits per heavy atom. The van der Waals surface area contributed by atoms with Gasteiger partial charge in [0.1, 0.15) is 28.7 Å². The summed E-state index contributed by atoms with van der Waals surface area (Å²) in [5, 5.41) is 33.0. The summed E-state index contributed by atoms with van der Waals surface area (Å²) in [6, 6.07) is 18.8. The number of nitrogens with zero attached hydrogens (tertiary/aromatic N) is 6. The van der Waals surface area contributed by atoms with Gasteiger partial charge in [0.05, 0.1) is 56.6 Å². The summed E-state index contributed by atoms with van der Waals surface area (Å²) in [5.41, 5.74) is 3.95. The Kier molecular flexibility index (Phi) is 11.7. The molecule has 4 atom stereocenters. The quantitative estimate of drug-likeness (QED) is 0.0970. The van der Waals surface area contributed by atoms with E-state index in [1.807, 2.05) is 61.8 Å². The van der Waals surface area contributed by atoms with Crippen molar-refractivity contribution in [1.29, 1.82) is 0 Å². The molecular weight excluding hydrogens is 761 g/mol. The van der Waals surface area contributed by atoms with Crippen molar-refractivity contribution in [3.8, 4) is 34.3 Å². The van der Waals surface area contributed by atoms with Gasteiger partial charge in [-0.1, -0.05) is 48.4 Å². The number of aliphatic hydroxyl groups excluding tert-OH is 2. The molecule has 0 aliphatic heterocycles. The zero-order valence-corrected chi connectivity index (χ0v) is 33.3. The highest BCUT2D eigenvalue weighted by Gasteiger charge is 2.25. The van der Waals surface area contributed by atoms with Gasteiger partial charge < -0.3 is 30.3 Å². The maximum Gasteiger partial charge on any atom is 0.184 e. The van der Waals surface area contributed by atoms with E-state index in [0.29, 0.717) is 17.2 Å². The van der Waals surface area contributed by atoms with Gasteiger partial charge in [0.15, 0.2) is 16.0 Å². The highest BCUT2D eigenvalue weighted by atomic mass is 32.1. The SMILES string of the molecule is CC(=O)c1cc(Oc2ccc3nc(N[C@H]4CCCC[C@@H]4O)sc3c2)ccn1.Cn1cc(-c2cc(Oc3ccc4nc(N[C@H]5CCCC[C@@H]5O)sc4c3)ccn2)cn1. The smallest absolute Gasteiger partial charge is 0.184 e. The number of aryl methyl sites for hydroxylation is 1. The van der Waals surface area contributed by atoms with Crippen LogP contribution in [0.4, 0.5) is 10.3 Å². The fourth-order valence-corrected chi connectivity index (χ4v) is 8.97. The molecule has 0 saturated heterocycles. The number of ether oxygens (including phenoxy) is 2. The molecule has 2 aromatic carbocycles. The predicted molar refractivity (Wildman–Crippen MR) is 224 cm³/mol. The summed E-state index contributed by atoms with van der Waals surface area (Å²) in [7, 11) is 1.88. The highest BCUT2D eigenvalue weighted by molar-refractivity contribution is 7.22. The molecule has 4 N–H and O–H groups in total. The van der Waals surface area contributed by atoms with Crippen LogP contribution >= 0.6 is 22.7 Å². The van der Waals surface area contributed by atoms with Gasteiger partial charge in [-0.2, -0.15) is 5.10 Å². The zero-order chi connectivity index (χ0) is 39.3. The molecule has 0 bridgehead atoms. The maximum atomic E-state index is 11.5. The minimum atomic E-state index is -0.313. The van der Waals surface area contributed by atoms with Gasteiger partial charge in [-0.15, -0.1) is 0 Å². The second-order valence-electron chi connectivity index (χ2n) is 14.4. The van der Waals surface area contributed by atoms with E-state index >= 15 is 0 Å². The number of aromatic nitrogens is 6. The third-order valence-electron chi connectivity index (χ3n) is 10.1. The number of carbonyl (C=O) groups excluding carboxylic acids is 1. The van der Waals surface area contributed by atoms with Crippen molar-refractivity contribution in [3.05, 3.63) is 91.1 Å². The van der Waals surface area contributed by atoms with Crippen LogP contribution in [-0.2, 0) is 7.05 Å². The zero-order valence-electron chi connectivity index (χ0n) is 31.7. The lowest BCUT2D eigenvalue weighted by Crippen LogP contribution is -2.36. The summed E-state index contributed by atoms with van der Waals surface area (Å²) in [5.74, 6) is 2.62. The number of aliphatic hydroxyl groups is 2. The van der Waals surface area contributed by atoms with Crippen molar-refractivity contribution >= 4 is 59.2 Å². The third-order valence-corrected chi connectivity index (χ3v) is 12.0. The number of thiazole rings is 2. The Hall–Kier alpha value is -5.48. The molecule has 294 valence electrons. The van der Waals surface area contributed by atoms with Gasteiger partial charge in [-0.3, -0.25) is 19.4 Å². The topological polar surface area (TPSA) is 169 Å². The molecule has 0 radical (unpaired) electrons. The van der Waals surface area contributed by atoms with Crippen LogP contribution in [0.1, 0.15) is 68.8 Å². The Morgan fingerprint density at radius 1 is 0.719 bits per heavy atom. The first-order valence-electron chi connectivity index (χ1n) is 19.2. The lowest BCUT2D eigenvalue weighted by atomic mass is 9.93. The van der Waals surface area contributed by atoms with E-state index in [1.165, 1.54) is 6.92 Å². The Labute approximate surface area is 337 Å². The molecule has 2 aliphatic carbocycles. The summed E-state index contributed by atoms with van der Waals surface area (Å²) in [4.78, 5) is 29.2. The molecule has 2 saturated carbocycles. The van der Waals surface area contributed by atoms with Crippen LogP contribution in [0.2, 0.25) is 0 Å². The van der Waals surface area contributed by atoms with E-state index in [9.17, 15) is 15.0 Å². The van der Waals surface area contributed by atoms with E-state index in [1.54, 1.807) is 58.1 Å². The average molecular weight is 805 g/mol. The standard InChI is InChI=1S/C22H23N5O2S.C20H21N3O3S/c1-27-13-14(12-24-27)19-10-16(8-9-23-19)29-15-6-7-18-21(11-15)30-22(26-18)25-17-4-2-3-5-20(17)28;1-12(24)17-10-14(8-9-21-17)26-13-6-7-16-19(11-13)27-20(23-16)22-15-4-2-3-5-18(15)25/h6-13,17,20,28H,2-5H2,1H3,(H,25,26);6-11,15,18,25H,2-5H2,1H3,(H,22,23)/t17-,20-;15-,18-/m00/s1. The third kappa shape index (κ3) is 9.56. The van der Waals surface area contributed by atoms with Crippen LogP contribution in [-0.4, -0.2) is 70.0 Å². The minimum Gasteiger partial charge on any atom is -0.457 e. The van der Waals surface area contributed by atoms with Crippen molar-refractivity contribution in [2.45, 2.75) is 82.6 Å². The Bertz CT molecular complexity index is 2480. The number of carbonyl (C=O) groups is 1. The Balaban J connectivity index is 0.000000161. The molecule has 5 aromatic heterocycles. The highest BCUT2D eigenvalue weighted by Crippen LogP contribution is 2.35. The van der Waals surface area contributed by atoms with E-state index in [2.05, 4.69) is 35.7 Å². The number of rotatable bonds is 10. The van der Waals surface area contributed by atoms with Gasteiger partial charge in [0.2, 0.25) is 0 Å². The monoisotopic (exact) mass is 804 g/mol. The van der Waals surface area contributed by atoms with E-state index < -0.39 is 0 Å². The molecule has 13 nitrogen and oxygen atoms in total. The van der Waals surface area contributed by atoms with Crippen LogP contribution in [0.3, 0.4) is 0 Å². The number of hydrogen-bond donors (Lipinski definition) is 4. The molecular formula is C42H44N8O5S2. The molecule has 7 aromatic rings. The minimum absolute atomic E-state index is 0.0665. The number of fused-ring (bicyclic) bond motifs is 2. The van der Waals surface area contributed by atoms with Gasteiger partial charge in [-0.05, 0) is 62.1 Å². The molecule has 0 amide bonds. The number of nitrogens with one attached hydrogen (secondary N) is 2. The van der Waals surface area contributed by atoms with Crippen molar-refractivity contribution < 1.29 is 24.5 Å². The van der Waals surface area contributed by atoms with Crippen molar-refractivity contribution in [2.24, 2.45) is 7.05 Å². The predicted octanol–water partition coefficient (Wildman–Crippen LogP) is 9.00. The van der Waals surface area contributed by atoms with Gasteiger partial charge in [0.25, 0.3) is 0 Å². The largest absolute Gasteiger partial charge is 0.457 e. The van der Waals surface area contributed by atoms with E-state index in [-0.39, 0.29) is 30.1 Å². The number of anilines is 2. The molecule has 0 spiro atoms. The lowest BCUT2D eigenvalue weighted by Gasteiger charge is -2.27. The summed E-state index contributed by atoms with van der Waals surface area (Å²) in [6.07, 6.45) is 14.5. The van der Waals surface area contributed by atoms with Crippen LogP contribution in [0, 0.1) is 0 Å². The number of hydrogen-bond acceptors (Lipinski definition) is 14. The number of benzene rings is 2.